The summed E-state index contributed by atoms with van der Waals surface area (Å²) in [5, 5.41) is 11.7. The average molecular weight is 300 g/mol. The van der Waals surface area contributed by atoms with Crippen molar-refractivity contribution < 1.29 is 14.3 Å². The first-order valence-electron chi connectivity index (χ1n) is 7.06. The van der Waals surface area contributed by atoms with Gasteiger partial charge in [0.25, 0.3) is 5.91 Å². The first-order chi connectivity index (χ1) is 10.7. The molecule has 0 aliphatic heterocycles. The van der Waals surface area contributed by atoms with E-state index in [2.05, 4.69) is 11.9 Å². The minimum Gasteiger partial charge on any atom is -0.490 e. The number of nitrogens with one attached hydrogen (secondary N) is 1. The second kappa shape index (κ2) is 9.24. The molecule has 0 aliphatic rings. The van der Waals surface area contributed by atoms with Crippen molar-refractivity contribution in [2.45, 2.75) is 13.8 Å². The number of nitrogens with zero attached hydrogens (tertiary/aromatic N) is 1. The quantitative estimate of drug-likeness (QED) is 0.455. The van der Waals surface area contributed by atoms with Crippen molar-refractivity contribution in [3.63, 3.8) is 0 Å². The summed E-state index contributed by atoms with van der Waals surface area (Å²) >= 11 is 0. The van der Waals surface area contributed by atoms with Crippen molar-refractivity contribution in [2.24, 2.45) is 0 Å². The lowest BCUT2D eigenvalue weighted by molar-refractivity contribution is -0.116. The number of hydrogen-bond acceptors (Lipinski definition) is 4. The molecule has 5 heteroatoms. The molecule has 0 heterocycles. The molecule has 0 unspecified atom stereocenters. The summed E-state index contributed by atoms with van der Waals surface area (Å²) in [6, 6.07) is 7.17. The number of benzene rings is 1. The first kappa shape index (κ1) is 17.3. The molecule has 0 atom stereocenters. The second-order valence-corrected chi connectivity index (χ2v) is 4.24. The number of ether oxygens (including phenoxy) is 2. The van der Waals surface area contributed by atoms with Crippen molar-refractivity contribution in [3.05, 3.63) is 42.0 Å². The van der Waals surface area contributed by atoms with E-state index >= 15 is 0 Å². The number of hydrogen-bond donors (Lipinski definition) is 1. The minimum atomic E-state index is -0.436. The van der Waals surface area contributed by atoms with E-state index in [9.17, 15) is 4.79 Å². The average Bonchev–Trinajstić information content (AvgIpc) is 2.53. The zero-order valence-corrected chi connectivity index (χ0v) is 12.9. The molecule has 5 nitrogen and oxygen atoms in total. The molecule has 0 bridgehead atoms. The lowest BCUT2D eigenvalue weighted by atomic mass is 10.1. The van der Waals surface area contributed by atoms with Gasteiger partial charge in [-0.2, -0.15) is 5.26 Å². The Labute approximate surface area is 130 Å². The highest BCUT2D eigenvalue weighted by atomic mass is 16.5. The number of rotatable bonds is 8. The van der Waals surface area contributed by atoms with Crippen LogP contribution in [0.2, 0.25) is 0 Å². The van der Waals surface area contributed by atoms with Gasteiger partial charge in [0.1, 0.15) is 11.6 Å². The molecule has 1 aromatic carbocycles. The molecule has 1 rings (SSSR count). The van der Waals surface area contributed by atoms with Crippen LogP contribution in [0.1, 0.15) is 19.4 Å². The Kier molecular flexibility index (Phi) is 7.27. The normalized spacial score (nSPS) is 10.5. The number of carbonyl (C=O) groups excluding carboxylic acids is 1. The number of amides is 1. The maximum absolute atomic E-state index is 11.8. The first-order valence-corrected chi connectivity index (χ1v) is 7.06. The van der Waals surface area contributed by atoms with Crippen molar-refractivity contribution >= 4 is 12.0 Å². The molecular formula is C17H20N2O3. The zero-order chi connectivity index (χ0) is 16.4. The molecule has 116 valence electrons. The molecule has 1 amide bonds. The molecule has 0 spiro atoms. The molecule has 0 saturated heterocycles. The van der Waals surface area contributed by atoms with Gasteiger partial charge in [0.15, 0.2) is 11.5 Å². The van der Waals surface area contributed by atoms with Gasteiger partial charge in [0.05, 0.1) is 13.2 Å². The maximum Gasteiger partial charge on any atom is 0.262 e. The van der Waals surface area contributed by atoms with E-state index < -0.39 is 5.91 Å². The smallest absolute Gasteiger partial charge is 0.262 e. The molecule has 1 aromatic rings. The van der Waals surface area contributed by atoms with E-state index in [1.165, 1.54) is 6.08 Å². The van der Waals surface area contributed by atoms with Gasteiger partial charge in [-0.25, -0.2) is 0 Å². The van der Waals surface area contributed by atoms with Gasteiger partial charge in [-0.15, -0.1) is 6.58 Å². The van der Waals surface area contributed by atoms with Crippen LogP contribution < -0.4 is 14.8 Å². The van der Waals surface area contributed by atoms with Gasteiger partial charge < -0.3 is 14.8 Å². The lowest BCUT2D eigenvalue weighted by Gasteiger charge is -2.11. The summed E-state index contributed by atoms with van der Waals surface area (Å²) in [5.41, 5.74) is 0.714. The predicted molar refractivity (Wildman–Crippen MR) is 85.6 cm³/mol. The number of nitriles is 1. The fourth-order valence-corrected chi connectivity index (χ4v) is 1.73. The third-order valence-corrected chi connectivity index (χ3v) is 2.65. The topological polar surface area (TPSA) is 71.4 Å². The molecule has 0 fully saturated rings. The van der Waals surface area contributed by atoms with Crippen LogP contribution in [0.5, 0.6) is 11.5 Å². The highest BCUT2D eigenvalue weighted by Gasteiger charge is 2.10. The van der Waals surface area contributed by atoms with Gasteiger partial charge in [-0.1, -0.05) is 12.1 Å². The van der Waals surface area contributed by atoms with Crippen LogP contribution in [0.25, 0.3) is 6.08 Å². The lowest BCUT2D eigenvalue weighted by Crippen LogP contribution is -2.24. The molecule has 0 radical (unpaired) electrons. The van der Waals surface area contributed by atoms with Crippen LogP contribution in [-0.2, 0) is 4.79 Å². The summed E-state index contributed by atoms with van der Waals surface area (Å²) < 4.78 is 11.0. The van der Waals surface area contributed by atoms with E-state index in [0.717, 1.165) is 0 Å². The van der Waals surface area contributed by atoms with Crippen molar-refractivity contribution in [2.75, 3.05) is 19.8 Å². The highest BCUT2D eigenvalue weighted by Crippen LogP contribution is 2.29. The molecule has 1 N–H and O–H groups in total. The molecule has 22 heavy (non-hydrogen) atoms. The van der Waals surface area contributed by atoms with Gasteiger partial charge in [-0.05, 0) is 37.6 Å². The number of carbonyl (C=O) groups is 1. The third-order valence-electron chi connectivity index (χ3n) is 2.65. The monoisotopic (exact) mass is 300 g/mol. The molecule has 0 saturated carbocycles. The Balaban J connectivity index is 3.06. The van der Waals surface area contributed by atoms with Crippen LogP contribution in [0.15, 0.2) is 36.4 Å². The standard InChI is InChI=1S/C17H20N2O3/c1-4-9-19-17(20)14(12-18)10-13-7-8-15(21-5-2)16(11-13)22-6-3/h4,7-8,10-11H,1,5-6,9H2,2-3H3,(H,19,20)/b14-10-. The van der Waals surface area contributed by atoms with Crippen LogP contribution in [0.4, 0.5) is 0 Å². The Morgan fingerprint density at radius 1 is 1.32 bits per heavy atom. The summed E-state index contributed by atoms with van der Waals surface area (Å²) in [5.74, 6) is 0.784. The SMILES string of the molecule is C=CCNC(=O)/C(C#N)=C\c1ccc(OCC)c(OCC)c1. The fourth-order valence-electron chi connectivity index (χ4n) is 1.73. The van der Waals surface area contributed by atoms with Crippen LogP contribution >= 0.6 is 0 Å². The Hall–Kier alpha value is -2.74. The minimum absolute atomic E-state index is 0.0217. The summed E-state index contributed by atoms with van der Waals surface area (Å²) in [6.07, 6.45) is 3.06. The van der Waals surface area contributed by atoms with E-state index in [1.54, 1.807) is 24.3 Å². The Morgan fingerprint density at radius 3 is 2.59 bits per heavy atom. The van der Waals surface area contributed by atoms with E-state index in [1.807, 2.05) is 19.9 Å². The predicted octanol–water partition coefficient (Wildman–Crippen LogP) is 2.69. The maximum atomic E-state index is 11.8. The van der Waals surface area contributed by atoms with Crippen LogP contribution in [-0.4, -0.2) is 25.7 Å². The van der Waals surface area contributed by atoms with Gasteiger partial charge in [0.2, 0.25) is 0 Å². The summed E-state index contributed by atoms with van der Waals surface area (Å²) in [6.45, 7) is 8.62. The Morgan fingerprint density at radius 2 is 2.00 bits per heavy atom. The molecule has 0 aliphatic carbocycles. The second-order valence-electron chi connectivity index (χ2n) is 4.24. The zero-order valence-electron chi connectivity index (χ0n) is 12.9. The largest absolute Gasteiger partial charge is 0.490 e. The highest BCUT2D eigenvalue weighted by molar-refractivity contribution is 6.01. The molecule has 0 aromatic heterocycles. The summed E-state index contributed by atoms with van der Waals surface area (Å²) in [4.78, 5) is 11.8. The van der Waals surface area contributed by atoms with Crippen molar-refractivity contribution in [1.82, 2.24) is 5.32 Å². The van der Waals surface area contributed by atoms with E-state index in [0.29, 0.717) is 36.8 Å². The van der Waals surface area contributed by atoms with Crippen LogP contribution in [0, 0.1) is 11.3 Å². The van der Waals surface area contributed by atoms with Crippen LogP contribution in [0.3, 0.4) is 0 Å². The van der Waals surface area contributed by atoms with Gasteiger partial charge in [0, 0.05) is 6.54 Å². The Bertz CT molecular complexity index is 600. The van der Waals surface area contributed by atoms with Gasteiger partial charge >= 0.3 is 0 Å². The van der Waals surface area contributed by atoms with E-state index in [-0.39, 0.29) is 5.57 Å². The summed E-state index contributed by atoms with van der Waals surface area (Å²) in [7, 11) is 0. The van der Waals surface area contributed by atoms with E-state index in [4.69, 9.17) is 14.7 Å². The molecular weight excluding hydrogens is 280 g/mol. The van der Waals surface area contributed by atoms with Crippen molar-refractivity contribution in [1.29, 1.82) is 5.26 Å². The third kappa shape index (κ3) is 4.98. The fraction of sp³-hybridized carbons (Fsp3) is 0.294. The van der Waals surface area contributed by atoms with Gasteiger partial charge in [-0.3, -0.25) is 4.79 Å². The van der Waals surface area contributed by atoms with Crippen molar-refractivity contribution in [3.8, 4) is 17.6 Å².